The molecule has 2 heterocycles. The Morgan fingerprint density at radius 1 is 1.28 bits per heavy atom. The second kappa shape index (κ2) is 7.82. The third kappa shape index (κ3) is 3.76. The highest BCUT2D eigenvalue weighted by Crippen LogP contribution is 2.29. The van der Waals surface area contributed by atoms with E-state index in [1.165, 1.54) is 11.8 Å². The van der Waals surface area contributed by atoms with E-state index in [0.717, 1.165) is 35.8 Å². The molecule has 0 aliphatic heterocycles. The third-order valence-electron chi connectivity index (χ3n) is 3.87. The molecule has 0 saturated carbocycles. The highest BCUT2D eigenvalue weighted by Gasteiger charge is 2.24. The Labute approximate surface area is 151 Å². The van der Waals surface area contributed by atoms with Crippen molar-refractivity contribution in [2.24, 2.45) is 0 Å². The minimum Gasteiger partial charge on any atom is -0.465 e. The number of benzene rings is 1. The number of aryl methyl sites for hydroxylation is 1. The SMILES string of the molecule is CCCCC(Sc1nc2ccccc2c2nc(C)nn12)C(=O)OCC. The second-order valence-electron chi connectivity index (χ2n) is 5.81. The van der Waals surface area contributed by atoms with Gasteiger partial charge in [-0.1, -0.05) is 43.7 Å². The van der Waals surface area contributed by atoms with Gasteiger partial charge >= 0.3 is 5.97 Å². The largest absolute Gasteiger partial charge is 0.465 e. The van der Waals surface area contributed by atoms with Crippen LogP contribution in [0.5, 0.6) is 0 Å². The number of fused-ring (bicyclic) bond motifs is 3. The van der Waals surface area contributed by atoms with Gasteiger partial charge < -0.3 is 4.74 Å². The van der Waals surface area contributed by atoms with Gasteiger partial charge in [0.15, 0.2) is 10.8 Å². The first-order valence-electron chi connectivity index (χ1n) is 8.59. The fraction of sp³-hybridized carbons (Fsp3) is 0.444. The Bertz CT molecular complexity index is 893. The van der Waals surface area contributed by atoms with E-state index < -0.39 is 0 Å². The van der Waals surface area contributed by atoms with E-state index in [2.05, 4.69) is 17.0 Å². The molecule has 3 aromatic rings. The number of hydrogen-bond donors (Lipinski definition) is 0. The fourth-order valence-electron chi connectivity index (χ4n) is 2.69. The lowest BCUT2D eigenvalue weighted by molar-refractivity contribution is -0.142. The molecule has 0 aliphatic carbocycles. The number of unbranched alkanes of at least 4 members (excludes halogenated alkanes) is 1. The Morgan fingerprint density at radius 2 is 2.08 bits per heavy atom. The fourth-order valence-corrected chi connectivity index (χ4v) is 3.77. The van der Waals surface area contributed by atoms with Crippen molar-refractivity contribution in [3.63, 3.8) is 0 Å². The number of carbonyl (C=O) groups excluding carboxylic acids is 1. The summed E-state index contributed by atoms with van der Waals surface area (Å²) in [7, 11) is 0. The first-order valence-corrected chi connectivity index (χ1v) is 9.47. The van der Waals surface area contributed by atoms with Gasteiger partial charge in [0.25, 0.3) is 0 Å². The quantitative estimate of drug-likeness (QED) is 0.363. The molecule has 6 nitrogen and oxygen atoms in total. The number of carbonyl (C=O) groups is 1. The monoisotopic (exact) mass is 358 g/mol. The van der Waals surface area contributed by atoms with Gasteiger partial charge in [-0.05, 0) is 32.4 Å². The first kappa shape index (κ1) is 17.7. The van der Waals surface area contributed by atoms with Crippen molar-refractivity contribution in [3.05, 3.63) is 30.1 Å². The third-order valence-corrected chi connectivity index (χ3v) is 5.06. The van der Waals surface area contributed by atoms with Crippen LogP contribution < -0.4 is 0 Å². The zero-order valence-corrected chi connectivity index (χ0v) is 15.5. The maximum absolute atomic E-state index is 12.3. The van der Waals surface area contributed by atoms with Gasteiger partial charge in [0.1, 0.15) is 11.1 Å². The molecule has 0 N–H and O–H groups in total. The molecule has 132 valence electrons. The highest BCUT2D eigenvalue weighted by atomic mass is 32.2. The first-order chi connectivity index (χ1) is 12.1. The van der Waals surface area contributed by atoms with Crippen LogP contribution in [0.1, 0.15) is 38.9 Å². The molecular weight excluding hydrogens is 336 g/mol. The number of thioether (sulfide) groups is 1. The smallest absolute Gasteiger partial charge is 0.319 e. The molecule has 0 radical (unpaired) electrons. The predicted molar refractivity (Wildman–Crippen MR) is 98.8 cm³/mol. The summed E-state index contributed by atoms with van der Waals surface area (Å²) in [6.45, 7) is 6.17. The van der Waals surface area contributed by atoms with E-state index in [1.54, 1.807) is 4.52 Å². The average molecular weight is 358 g/mol. The average Bonchev–Trinajstić information content (AvgIpc) is 3.00. The zero-order chi connectivity index (χ0) is 17.8. The van der Waals surface area contributed by atoms with Crippen molar-refractivity contribution in [1.29, 1.82) is 0 Å². The molecule has 25 heavy (non-hydrogen) atoms. The summed E-state index contributed by atoms with van der Waals surface area (Å²) in [5, 5.41) is 5.80. The summed E-state index contributed by atoms with van der Waals surface area (Å²) in [4.78, 5) is 21.6. The molecule has 0 bridgehead atoms. The maximum atomic E-state index is 12.3. The number of esters is 1. The summed E-state index contributed by atoms with van der Waals surface area (Å²) in [5.74, 6) is 0.488. The molecule has 2 aromatic heterocycles. The molecule has 1 aromatic carbocycles. The summed E-state index contributed by atoms with van der Waals surface area (Å²) < 4.78 is 6.98. The van der Waals surface area contributed by atoms with Crippen LogP contribution in [0.3, 0.4) is 0 Å². The summed E-state index contributed by atoms with van der Waals surface area (Å²) in [6, 6.07) is 7.85. The minimum atomic E-state index is -0.290. The van der Waals surface area contributed by atoms with Crippen LogP contribution in [0.4, 0.5) is 0 Å². The summed E-state index contributed by atoms with van der Waals surface area (Å²) in [6.07, 6.45) is 2.74. The van der Waals surface area contributed by atoms with Gasteiger partial charge in [0, 0.05) is 5.39 Å². The molecule has 0 spiro atoms. The summed E-state index contributed by atoms with van der Waals surface area (Å²) >= 11 is 1.41. The number of para-hydroxylation sites is 1. The molecule has 0 amide bonds. The van der Waals surface area contributed by atoms with E-state index in [9.17, 15) is 4.79 Å². The minimum absolute atomic E-state index is 0.194. The number of aromatic nitrogens is 4. The molecule has 0 saturated heterocycles. The lowest BCUT2D eigenvalue weighted by Crippen LogP contribution is -2.21. The Hall–Kier alpha value is -2.15. The van der Waals surface area contributed by atoms with Gasteiger partial charge in [-0.2, -0.15) is 4.52 Å². The van der Waals surface area contributed by atoms with Gasteiger partial charge in [-0.15, -0.1) is 5.10 Å². The lowest BCUT2D eigenvalue weighted by atomic mass is 10.2. The number of rotatable bonds is 7. The molecule has 1 unspecified atom stereocenters. The van der Waals surface area contributed by atoms with Crippen molar-refractivity contribution >= 4 is 34.3 Å². The van der Waals surface area contributed by atoms with Crippen LogP contribution in [0.15, 0.2) is 29.4 Å². The van der Waals surface area contributed by atoms with Crippen LogP contribution in [0.25, 0.3) is 16.6 Å². The van der Waals surface area contributed by atoms with Crippen LogP contribution in [0.2, 0.25) is 0 Å². The van der Waals surface area contributed by atoms with Crippen molar-refractivity contribution in [3.8, 4) is 0 Å². The van der Waals surface area contributed by atoms with Crippen molar-refractivity contribution in [1.82, 2.24) is 19.6 Å². The van der Waals surface area contributed by atoms with E-state index in [1.807, 2.05) is 38.1 Å². The highest BCUT2D eigenvalue weighted by molar-refractivity contribution is 8.00. The van der Waals surface area contributed by atoms with Crippen LogP contribution in [-0.4, -0.2) is 37.4 Å². The second-order valence-corrected chi connectivity index (χ2v) is 6.98. The Balaban J connectivity index is 2.04. The Kier molecular flexibility index (Phi) is 5.53. The lowest BCUT2D eigenvalue weighted by Gasteiger charge is -2.15. The summed E-state index contributed by atoms with van der Waals surface area (Å²) in [5.41, 5.74) is 1.62. The molecule has 3 rings (SSSR count). The number of nitrogens with zero attached hydrogens (tertiary/aromatic N) is 4. The maximum Gasteiger partial charge on any atom is 0.319 e. The van der Waals surface area contributed by atoms with E-state index in [-0.39, 0.29) is 11.2 Å². The molecule has 1 atom stereocenters. The molecule has 7 heteroatoms. The topological polar surface area (TPSA) is 69.4 Å². The number of ether oxygens (including phenoxy) is 1. The van der Waals surface area contributed by atoms with Crippen molar-refractivity contribution in [2.75, 3.05) is 6.61 Å². The van der Waals surface area contributed by atoms with Gasteiger partial charge in [0.2, 0.25) is 0 Å². The predicted octanol–water partition coefficient (Wildman–Crippen LogP) is 3.80. The zero-order valence-electron chi connectivity index (χ0n) is 14.7. The molecule has 0 aliphatic rings. The molecular formula is C18H22N4O2S. The van der Waals surface area contributed by atoms with Crippen molar-refractivity contribution < 1.29 is 9.53 Å². The van der Waals surface area contributed by atoms with Crippen LogP contribution in [0, 0.1) is 6.92 Å². The standard InChI is InChI=1S/C18H22N4O2S/c1-4-6-11-15(17(23)24-5-2)25-18-20-14-10-8-7-9-13(14)16-19-12(3)21-22(16)18/h7-10,15H,4-6,11H2,1-3H3. The van der Waals surface area contributed by atoms with E-state index in [4.69, 9.17) is 9.72 Å². The van der Waals surface area contributed by atoms with Gasteiger partial charge in [0.05, 0.1) is 12.1 Å². The van der Waals surface area contributed by atoms with Crippen LogP contribution >= 0.6 is 11.8 Å². The van der Waals surface area contributed by atoms with Crippen molar-refractivity contribution in [2.45, 2.75) is 50.4 Å². The van der Waals surface area contributed by atoms with Gasteiger partial charge in [-0.3, -0.25) is 4.79 Å². The van der Waals surface area contributed by atoms with Crippen LogP contribution in [-0.2, 0) is 9.53 Å². The van der Waals surface area contributed by atoms with Gasteiger partial charge in [-0.25, -0.2) is 9.97 Å². The van der Waals surface area contributed by atoms with E-state index in [0.29, 0.717) is 17.6 Å². The number of hydrogen-bond acceptors (Lipinski definition) is 6. The Morgan fingerprint density at radius 3 is 2.84 bits per heavy atom. The van der Waals surface area contributed by atoms with E-state index >= 15 is 0 Å². The molecule has 0 fully saturated rings. The normalized spacial score (nSPS) is 12.6.